The molecule has 0 spiro atoms. The minimum absolute atomic E-state index is 0.240. The Morgan fingerprint density at radius 1 is 1.17 bits per heavy atom. The van der Waals surface area contributed by atoms with Crippen molar-refractivity contribution >= 4 is 22.7 Å². The van der Waals surface area contributed by atoms with Crippen molar-refractivity contribution in [2.75, 3.05) is 11.6 Å². The topological polar surface area (TPSA) is 59.4 Å². The highest BCUT2D eigenvalue weighted by Crippen LogP contribution is 2.25. The van der Waals surface area contributed by atoms with Crippen LogP contribution in [0.4, 0.5) is 10.5 Å². The maximum Gasteiger partial charge on any atom is 0.412 e. The number of nitrogens with zero attached hydrogens (tertiary/aromatic N) is 3. The lowest BCUT2D eigenvalue weighted by atomic mass is 9.96. The van der Waals surface area contributed by atoms with E-state index in [0.29, 0.717) is 5.75 Å². The van der Waals surface area contributed by atoms with Crippen LogP contribution >= 0.6 is 0 Å². The number of hydrogen-bond donors (Lipinski definition) is 1. The van der Waals surface area contributed by atoms with E-state index < -0.39 is 0 Å². The molecule has 152 valence electrons. The fraction of sp³-hybridized carbons (Fsp3) is 0.391. The van der Waals surface area contributed by atoms with E-state index in [-0.39, 0.29) is 12.1 Å². The molecule has 2 heterocycles. The summed E-state index contributed by atoms with van der Waals surface area (Å²) in [6.45, 7) is 3.05. The van der Waals surface area contributed by atoms with Crippen molar-refractivity contribution in [1.29, 1.82) is 0 Å². The molecule has 0 saturated heterocycles. The predicted octanol–water partition coefficient (Wildman–Crippen LogP) is 5.14. The van der Waals surface area contributed by atoms with E-state index >= 15 is 0 Å². The van der Waals surface area contributed by atoms with E-state index in [0.717, 1.165) is 42.4 Å². The normalized spacial score (nSPS) is 14.7. The smallest absolute Gasteiger partial charge is 0.410 e. The molecule has 29 heavy (non-hydrogen) atoms. The number of carbonyl (C=O) groups excluding carboxylic acids is 1. The van der Waals surface area contributed by atoms with Crippen LogP contribution in [-0.4, -0.2) is 28.3 Å². The average Bonchev–Trinajstić information content (AvgIpc) is 3.16. The SMILES string of the molecule is CCCN(c1ccncc1)n1ccc2cc(OC(=O)NC3CCCCC3)ccc21. The number of ether oxygens (including phenoxy) is 1. The highest BCUT2D eigenvalue weighted by atomic mass is 16.6. The van der Waals surface area contributed by atoms with Gasteiger partial charge in [-0.15, -0.1) is 0 Å². The zero-order valence-corrected chi connectivity index (χ0v) is 16.9. The monoisotopic (exact) mass is 392 g/mol. The zero-order valence-electron chi connectivity index (χ0n) is 16.9. The number of hydrogen-bond acceptors (Lipinski definition) is 4. The maximum atomic E-state index is 12.2. The third-order valence-electron chi connectivity index (χ3n) is 5.44. The molecule has 0 radical (unpaired) electrons. The Morgan fingerprint density at radius 3 is 2.72 bits per heavy atom. The predicted molar refractivity (Wildman–Crippen MR) is 115 cm³/mol. The maximum absolute atomic E-state index is 12.2. The van der Waals surface area contributed by atoms with E-state index in [9.17, 15) is 4.79 Å². The number of aromatic nitrogens is 2. The summed E-state index contributed by atoms with van der Waals surface area (Å²) < 4.78 is 7.68. The van der Waals surface area contributed by atoms with Gasteiger partial charge in [-0.25, -0.2) is 4.79 Å². The van der Waals surface area contributed by atoms with E-state index in [1.807, 2.05) is 42.6 Å². The molecule has 6 nitrogen and oxygen atoms in total. The molecule has 1 amide bonds. The Balaban J connectivity index is 1.51. The molecular formula is C23H28N4O2. The summed E-state index contributed by atoms with van der Waals surface area (Å²) in [5, 5.41) is 6.25. The van der Waals surface area contributed by atoms with Gasteiger partial charge in [-0.1, -0.05) is 26.2 Å². The molecule has 0 unspecified atom stereocenters. The first-order valence-electron chi connectivity index (χ1n) is 10.5. The van der Waals surface area contributed by atoms with Gasteiger partial charge in [0.05, 0.1) is 11.2 Å². The summed E-state index contributed by atoms with van der Waals surface area (Å²) >= 11 is 0. The van der Waals surface area contributed by atoms with Gasteiger partial charge in [0.25, 0.3) is 0 Å². The molecule has 6 heteroatoms. The van der Waals surface area contributed by atoms with E-state index in [2.05, 4.69) is 26.9 Å². The molecule has 3 aromatic rings. The molecule has 2 aromatic heterocycles. The first kappa shape index (κ1) is 19.3. The second kappa shape index (κ2) is 8.99. The number of carbonyl (C=O) groups is 1. The van der Waals surface area contributed by atoms with Crippen LogP contribution in [0.2, 0.25) is 0 Å². The molecule has 4 rings (SSSR count). The van der Waals surface area contributed by atoms with Crippen molar-refractivity contribution in [3.05, 3.63) is 55.0 Å². The highest BCUT2D eigenvalue weighted by molar-refractivity contribution is 5.83. The van der Waals surface area contributed by atoms with Gasteiger partial charge in [-0.05, 0) is 55.7 Å². The molecular weight excluding hydrogens is 364 g/mol. The molecule has 0 atom stereocenters. The van der Waals surface area contributed by atoms with Crippen LogP contribution in [-0.2, 0) is 0 Å². The molecule has 0 bridgehead atoms. The highest BCUT2D eigenvalue weighted by Gasteiger charge is 2.17. The quantitative estimate of drug-likeness (QED) is 0.631. The van der Waals surface area contributed by atoms with Crippen LogP contribution < -0.4 is 15.1 Å². The van der Waals surface area contributed by atoms with E-state index in [4.69, 9.17) is 4.74 Å². The minimum atomic E-state index is -0.361. The molecule has 1 N–H and O–H groups in total. The number of amides is 1. The molecule has 1 aliphatic rings. The van der Waals surface area contributed by atoms with Gasteiger partial charge in [0.1, 0.15) is 5.75 Å². The van der Waals surface area contributed by atoms with Gasteiger partial charge in [0.15, 0.2) is 0 Å². The number of rotatable bonds is 6. The Morgan fingerprint density at radius 2 is 1.97 bits per heavy atom. The third kappa shape index (κ3) is 4.53. The van der Waals surface area contributed by atoms with Crippen LogP contribution in [0.3, 0.4) is 0 Å². The van der Waals surface area contributed by atoms with Gasteiger partial charge in [0.2, 0.25) is 0 Å². The molecule has 0 aliphatic heterocycles. The van der Waals surface area contributed by atoms with Crippen LogP contribution in [0.25, 0.3) is 10.9 Å². The fourth-order valence-corrected chi connectivity index (χ4v) is 4.02. The van der Waals surface area contributed by atoms with Gasteiger partial charge >= 0.3 is 6.09 Å². The van der Waals surface area contributed by atoms with Crippen LogP contribution in [0.5, 0.6) is 5.75 Å². The molecule has 1 aliphatic carbocycles. The van der Waals surface area contributed by atoms with E-state index in [1.165, 1.54) is 19.3 Å². The van der Waals surface area contributed by atoms with E-state index in [1.54, 1.807) is 12.4 Å². The second-order valence-electron chi connectivity index (χ2n) is 7.58. The summed E-state index contributed by atoms with van der Waals surface area (Å²) in [6.07, 6.45) is 12.0. The summed E-state index contributed by atoms with van der Waals surface area (Å²) in [7, 11) is 0. The lowest BCUT2D eigenvalue weighted by Gasteiger charge is -2.26. The number of benzene rings is 1. The summed E-state index contributed by atoms with van der Waals surface area (Å²) in [4.78, 5) is 16.4. The molecule has 1 saturated carbocycles. The number of nitrogens with one attached hydrogen (secondary N) is 1. The molecule has 1 fully saturated rings. The first-order valence-corrected chi connectivity index (χ1v) is 10.5. The Hall–Kier alpha value is -3.02. The van der Waals surface area contributed by atoms with Gasteiger partial charge in [-0.2, -0.15) is 0 Å². The summed E-state index contributed by atoms with van der Waals surface area (Å²) in [5.41, 5.74) is 2.15. The Labute approximate surface area is 171 Å². The average molecular weight is 393 g/mol. The van der Waals surface area contributed by atoms with Crippen molar-refractivity contribution < 1.29 is 9.53 Å². The lowest BCUT2D eigenvalue weighted by molar-refractivity contribution is 0.192. The van der Waals surface area contributed by atoms with Crippen molar-refractivity contribution in [2.45, 2.75) is 51.5 Å². The van der Waals surface area contributed by atoms with Crippen LogP contribution in [0.15, 0.2) is 55.0 Å². The van der Waals surface area contributed by atoms with Crippen molar-refractivity contribution in [1.82, 2.24) is 15.0 Å². The summed E-state index contributed by atoms with van der Waals surface area (Å²) in [5.74, 6) is 0.564. The molecule has 1 aromatic carbocycles. The van der Waals surface area contributed by atoms with Gasteiger partial charge < -0.3 is 10.1 Å². The number of anilines is 1. The van der Waals surface area contributed by atoms with Crippen molar-refractivity contribution in [3.8, 4) is 5.75 Å². The first-order chi connectivity index (χ1) is 14.2. The Bertz CT molecular complexity index is 948. The third-order valence-corrected chi connectivity index (χ3v) is 5.44. The van der Waals surface area contributed by atoms with Gasteiger partial charge in [-0.3, -0.25) is 14.7 Å². The summed E-state index contributed by atoms with van der Waals surface area (Å²) in [6, 6.07) is 12.1. The standard InChI is InChI=1S/C23H28N4O2/c1-2-15-26(20-10-13-24-14-11-20)27-16-12-18-17-21(8-9-22(18)27)29-23(28)25-19-6-4-3-5-7-19/h8-14,16-17,19H,2-7,15H2,1H3,(H,25,28). The fourth-order valence-electron chi connectivity index (χ4n) is 4.02. The van der Waals surface area contributed by atoms with Crippen molar-refractivity contribution in [3.63, 3.8) is 0 Å². The van der Waals surface area contributed by atoms with Gasteiger partial charge in [0, 0.05) is 36.6 Å². The van der Waals surface area contributed by atoms with Crippen LogP contribution in [0.1, 0.15) is 45.4 Å². The number of pyridine rings is 1. The van der Waals surface area contributed by atoms with Crippen molar-refractivity contribution in [2.24, 2.45) is 0 Å². The largest absolute Gasteiger partial charge is 0.412 e. The zero-order chi connectivity index (χ0) is 20.1. The van der Waals surface area contributed by atoms with Crippen LogP contribution in [0, 0.1) is 0 Å². The Kier molecular flexibility index (Phi) is 5.98. The number of fused-ring (bicyclic) bond motifs is 1. The lowest BCUT2D eigenvalue weighted by Crippen LogP contribution is -2.37. The second-order valence-corrected chi connectivity index (χ2v) is 7.58. The minimum Gasteiger partial charge on any atom is -0.410 e.